The molecule has 0 radical (unpaired) electrons. The van der Waals surface area contributed by atoms with Crippen molar-refractivity contribution in [2.24, 2.45) is 0 Å². The molecule has 3 atom stereocenters. The molecule has 3 unspecified atom stereocenters. The summed E-state index contributed by atoms with van der Waals surface area (Å²) < 4.78 is 34.7. The van der Waals surface area contributed by atoms with Crippen LogP contribution in [0.2, 0.25) is 0 Å². The second-order valence-electron chi connectivity index (χ2n) is 9.86. The van der Waals surface area contributed by atoms with E-state index in [2.05, 4.69) is 35.1 Å². The predicted octanol–water partition coefficient (Wildman–Crippen LogP) is 2.77. The molecule has 4 rings (SSSR count). The van der Waals surface area contributed by atoms with E-state index >= 15 is 0 Å². The first-order valence-corrected chi connectivity index (χ1v) is 13.7. The summed E-state index contributed by atoms with van der Waals surface area (Å²) in [5.74, 6) is 1.03. The minimum Gasteiger partial charge on any atom is -0.373 e. The van der Waals surface area contributed by atoms with Crippen LogP contribution in [0.1, 0.15) is 45.9 Å². The first-order chi connectivity index (χ1) is 15.7. The van der Waals surface area contributed by atoms with Crippen molar-refractivity contribution in [1.29, 1.82) is 0 Å². The molecule has 0 saturated carbocycles. The fourth-order valence-electron chi connectivity index (χ4n) is 5.35. The standard InChI is InChI=1S/C24H39N5O3S/c1-6-11-29-23-10-9-21(33(30,31)26(4)5)13-22(23)25-24(29)17-28-12-7-8-20(28)16-27-14-18(2)32-19(3)15-27/h9-10,13,18-20H,6-8,11-12,14-17H2,1-5H3. The monoisotopic (exact) mass is 477 g/mol. The van der Waals surface area contributed by atoms with E-state index < -0.39 is 10.0 Å². The third kappa shape index (κ3) is 5.27. The van der Waals surface area contributed by atoms with Crippen LogP contribution in [0.25, 0.3) is 11.0 Å². The van der Waals surface area contributed by atoms with Gasteiger partial charge in [0.25, 0.3) is 0 Å². The third-order valence-electron chi connectivity index (χ3n) is 6.83. The Morgan fingerprint density at radius 1 is 1.18 bits per heavy atom. The Hall–Kier alpha value is -1.52. The van der Waals surface area contributed by atoms with E-state index in [4.69, 9.17) is 9.72 Å². The maximum atomic E-state index is 12.6. The van der Waals surface area contributed by atoms with Gasteiger partial charge in [0.15, 0.2) is 0 Å². The zero-order chi connectivity index (χ0) is 23.8. The molecule has 1 aromatic heterocycles. The van der Waals surface area contributed by atoms with Crippen molar-refractivity contribution in [1.82, 2.24) is 23.7 Å². The zero-order valence-corrected chi connectivity index (χ0v) is 21.5. The van der Waals surface area contributed by atoms with Crippen molar-refractivity contribution in [3.05, 3.63) is 24.0 Å². The normalized spacial score (nSPS) is 25.5. The highest BCUT2D eigenvalue weighted by Gasteiger charge is 2.31. The summed E-state index contributed by atoms with van der Waals surface area (Å²) in [6.45, 7) is 12.3. The molecule has 0 bridgehead atoms. The summed E-state index contributed by atoms with van der Waals surface area (Å²) in [4.78, 5) is 10.3. The maximum absolute atomic E-state index is 12.6. The molecule has 9 heteroatoms. The lowest BCUT2D eigenvalue weighted by Crippen LogP contribution is -2.50. The van der Waals surface area contributed by atoms with Gasteiger partial charge < -0.3 is 9.30 Å². The van der Waals surface area contributed by atoms with Gasteiger partial charge >= 0.3 is 0 Å². The number of hydrogen-bond acceptors (Lipinski definition) is 6. The summed E-state index contributed by atoms with van der Waals surface area (Å²) in [7, 11) is -0.364. The molecule has 0 N–H and O–H groups in total. The van der Waals surface area contributed by atoms with Crippen LogP contribution in [-0.4, -0.2) is 90.6 Å². The molecule has 2 aliphatic rings. The second-order valence-corrected chi connectivity index (χ2v) is 12.0. The average Bonchev–Trinajstić information content (AvgIpc) is 3.31. The Labute approximate surface area is 198 Å². The predicted molar refractivity (Wildman–Crippen MR) is 131 cm³/mol. The molecule has 2 aromatic rings. The number of ether oxygens (including phenoxy) is 1. The Balaban J connectivity index is 1.57. The quantitative estimate of drug-likeness (QED) is 0.582. The fraction of sp³-hybridized carbons (Fsp3) is 0.708. The summed E-state index contributed by atoms with van der Waals surface area (Å²) >= 11 is 0. The van der Waals surface area contributed by atoms with Gasteiger partial charge in [0.1, 0.15) is 5.82 Å². The Morgan fingerprint density at radius 3 is 2.58 bits per heavy atom. The molecular formula is C24H39N5O3S. The van der Waals surface area contributed by atoms with Gasteiger partial charge in [0, 0.05) is 46.3 Å². The van der Waals surface area contributed by atoms with E-state index in [0.29, 0.717) is 10.9 Å². The Morgan fingerprint density at radius 2 is 1.91 bits per heavy atom. The smallest absolute Gasteiger partial charge is 0.242 e. The van der Waals surface area contributed by atoms with E-state index in [0.717, 1.165) is 62.5 Å². The van der Waals surface area contributed by atoms with Crippen LogP contribution in [0.4, 0.5) is 0 Å². The minimum absolute atomic E-state index is 0.282. The highest BCUT2D eigenvalue weighted by Crippen LogP contribution is 2.26. The number of rotatable bonds is 8. The number of imidazole rings is 1. The summed E-state index contributed by atoms with van der Waals surface area (Å²) in [5, 5.41) is 0. The first kappa shape index (κ1) is 24.6. The number of benzene rings is 1. The van der Waals surface area contributed by atoms with Crippen LogP contribution >= 0.6 is 0 Å². The Bertz CT molecular complexity index is 1060. The second kappa shape index (κ2) is 10.00. The van der Waals surface area contributed by atoms with E-state index in [-0.39, 0.29) is 12.2 Å². The lowest BCUT2D eigenvalue weighted by Gasteiger charge is -2.38. The lowest BCUT2D eigenvalue weighted by molar-refractivity contribution is -0.0725. The van der Waals surface area contributed by atoms with E-state index in [1.54, 1.807) is 26.2 Å². The van der Waals surface area contributed by atoms with Crippen molar-refractivity contribution in [2.75, 3.05) is 40.3 Å². The number of fused-ring (bicyclic) bond motifs is 1. The van der Waals surface area contributed by atoms with E-state index in [9.17, 15) is 8.42 Å². The van der Waals surface area contributed by atoms with Gasteiger partial charge in [0.05, 0.1) is 34.7 Å². The molecule has 0 spiro atoms. The number of morpholine rings is 1. The largest absolute Gasteiger partial charge is 0.373 e. The van der Waals surface area contributed by atoms with Crippen molar-refractivity contribution < 1.29 is 13.2 Å². The van der Waals surface area contributed by atoms with Crippen molar-refractivity contribution in [3.63, 3.8) is 0 Å². The highest BCUT2D eigenvalue weighted by molar-refractivity contribution is 7.89. The minimum atomic E-state index is -3.48. The molecule has 3 heterocycles. The molecule has 2 saturated heterocycles. The van der Waals surface area contributed by atoms with Crippen molar-refractivity contribution >= 4 is 21.1 Å². The first-order valence-electron chi connectivity index (χ1n) is 12.2. The summed E-state index contributed by atoms with van der Waals surface area (Å²) in [6, 6.07) is 5.85. The topological polar surface area (TPSA) is 70.9 Å². The zero-order valence-electron chi connectivity index (χ0n) is 20.7. The van der Waals surface area contributed by atoms with Crippen LogP contribution in [0, 0.1) is 0 Å². The average molecular weight is 478 g/mol. The van der Waals surface area contributed by atoms with Gasteiger partial charge in [-0.1, -0.05) is 6.92 Å². The van der Waals surface area contributed by atoms with Gasteiger partial charge in [-0.05, 0) is 57.9 Å². The van der Waals surface area contributed by atoms with Gasteiger partial charge in [-0.15, -0.1) is 0 Å². The number of aryl methyl sites for hydroxylation is 1. The van der Waals surface area contributed by atoms with Gasteiger partial charge in [-0.25, -0.2) is 17.7 Å². The molecule has 2 fully saturated rings. The molecule has 33 heavy (non-hydrogen) atoms. The number of likely N-dealkylation sites (tertiary alicyclic amines) is 1. The lowest BCUT2D eigenvalue weighted by atomic mass is 10.1. The number of sulfonamides is 1. The summed E-state index contributed by atoms with van der Waals surface area (Å²) in [6.07, 6.45) is 3.98. The van der Waals surface area contributed by atoms with Crippen LogP contribution in [-0.2, 0) is 27.8 Å². The van der Waals surface area contributed by atoms with Gasteiger partial charge in [-0.3, -0.25) is 9.80 Å². The van der Waals surface area contributed by atoms with Crippen molar-refractivity contribution in [2.45, 2.75) is 76.3 Å². The molecule has 184 valence electrons. The fourth-order valence-corrected chi connectivity index (χ4v) is 6.27. The molecular weight excluding hydrogens is 438 g/mol. The third-order valence-corrected chi connectivity index (χ3v) is 8.64. The highest BCUT2D eigenvalue weighted by atomic mass is 32.2. The number of hydrogen-bond donors (Lipinski definition) is 0. The molecule has 8 nitrogen and oxygen atoms in total. The maximum Gasteiger partial charge on any atom is 0.242 e. The van der Waals surface area contributed by atoms with Crippen LogP contribution in [0.3, 0.4) is 0 Å². The van der Waals surface area contributed by atoms with E-state index in [1.807, 2.05) is 6.07 Å². The molecule has 1 aromatic carbocycles. The molecule has 2 aliphatic heterocycles. The number of nitrogens with zero attached hydrogens (tertiary/aromatic N) is 5. The SMILES string of the molecule is CCCn1c(CN2CCCC2CN2CC(C)OC(C)C2)nc2cc(S(=O)(=O)N(C)C)ccc21. The number of aromatic nitrogens is 2. The van der Waals surface area contributed by atoms with Crippen LogP contribution in [0.15, 0.2) is 23.1 Å². The van der Waals surface area contributed by atoms with Gasteiger partial charge in [-0.2, -0.15) is 0 Å². The molecule has 0 aliphatic carbocycles. The van der Waals surface area contributed by atoms with Crippen LogP contribution in [0.5, 0.6) is 0 Å². The van der Waals surface area contributed by atoms with E-state index in [1.165, 1.54) is 17.1 Å². The Kier molecular flexibility index (Phi) is 7.45. The van der Waals surface area contributed by atoms with Crippen molar-refractivity contribution in [3.8, 4) is 0 Å². The molecule has 0 amide bonds. The van der Waals surface area contributed by atoms with Gasteiger partial charge in [0.2, 0.25) is 10.0 Å². The summed E-state index contributed by atoms with van der Waals surface area (Å²) in [5.41, 5.74) is 1.77. The van der Waals surface area contributed by atoms with Crippen LogP contribution < -0.4 is 0 Å².